The Morgan fingerprint density at radius 1 is 1.83 bits per heavy atom. The van der Waals surface area contributed by atoms with E-state index in [4.69, 9.17) is 5.11 Å². The van der Waals surface area contributed by atoms with Gasteiger partial charge in [0.25, 0.3) is 0 Å². The van der Waals surface area contributed by atoms with Crippen LogP contribution >= 0.6 is 0 Å². The van der Waals surface area contributed by atoms with Crippen molar-refractivity contribution in [2.24, 2.45) is 0 Å². The van der Waals surface area contributed by atoms with Crippen molar-refractivity contribution in [3.8, 4) is 0 Å². The molecule has 0 unspecified atom stereocenters. The summed E-state index contributed by atoms with van der Waals surface area (Å²) in [5, 5.41) is 8.53. The molecule has 0 spiro atoms. The SMILES string of the molecule is C=C(C)[C@H](C)O. The first-order valence-electron chi connectivity index (χ1n) is 1.98. The molecule has 0 rings (SSSR count). The van der Waals surface area contributed by atoms with E-state index in [2.05, 4.69) is 6.58 Å². The summed E-state index contributed by atoms with van der Waals surface area (Å²) in [6.45, 7) is 7.00. The summed E-state index contributed by atoms with van der Waals surface area (Å²) in [7, 11) is 0. The maximum atomic E-state index is 8.53. The summed E-state index contributed by atoms with van der Waals surface area (Å²) in [6.07, 6.45) is -0.343. The number of aliphatic hydroxyl groups excluding tert-OH is 1. The van der Waals surface area contributed by atoms with Crippen molar-refractivity contribution in [1.29, 1.82) is 0 Å². The molecule has 0 radical (unpaired) electrons. The minimum absolute atomic E-state index is 0.343. The number of rotatable bonds is 1. The molecule has 1 N–H and O–H groups in total. The van der Waals surface area contributed by atoms with Crippen molar-refractivity contribution >= 4 is 0 Å². The summed E-state index contributed by atoms with van der Waals surface area (Å²) in [5.41, 5.74) is 0.815. The molecule has 0 bridgehead atoms. The van der Waals surface area contributed by atoms with Crippen LogP contribution in [0.5, 0.6) is 0 Å². The molecule has 0 saturated carbocycles. The van der Waals surface area contributed by atoms with Gasteiger partial charge in [-0.2, -0.15) is 0 Å². The van der Waals surface area contributed by atoms with Crippen LogP contribution in [0.25, 0.3) is 0 Å². The van der Waals surface area contributed by atoms with E-state index in [-0.39, 0.29) is 6.10 Å². The third kappa shape index (κ3) is 1.97. The highest BCUT2D eigenvalue weighted by atomic mass is 16.3. The molecule has 0 aromatic heterocycles. The minimum Gasteiger partial charge on any atom is -0.389 e. The highest BCUT2D eigenvalue weighted by molar-refractivity contribution is 4.93. The van der Waals surface area contributed by atoms with Gasteiger partial charge in [-0.05, 0) is 13.8 Å². The van der Waals surface area contributed by atoms with E-state index in [1.54, 1.807) is 13.8 Å². The van der Waals surface area contributed by atoms with Crippen LogP contribution < -0.4 is 0 Å². The zero-order valence-corrected chi connectivity index (χ0v) is 4.23. The molecular formula is C5H10O. The zero-order chi connectivity index (χ0) is 5.15. The Morgan fingerprint density at radius 3 is 2.00 bits per heavy atom. The molecule has 0 aromatic carbocycles. The monoisotopic (exact) mass is 86.1 g/mol. The molecule has 0 aliphatic heterocycles. The lowest BCUT2D eigenvalue weighted by atomic mass is 10.2. The lowest BCUT2D eigenvalue weighted by Crippen LogP contribution is -1.97. The molecular weight excluding hydrogens is 76.1 g/mol. The van der Waals surface area contributed by atoms with Crippen LogP contribution in [0.4, 0.5) is 0 Å². The number of hydrogen-bond donors (Lipinski definition) is 1. The standard InChI is InChI=1S/C5H10O/c1-4(2)5(3)6/h5-6H,1H2,2-3H3/t5-/m0/s1. The highest BCUT2D eigenvalue weighted by Gasteiger charge is 1.89. The molecule has 0 aliphatic rings. The van der Waals surface area contributed by atoms with Gasteiger partial charge in [0.2, 0.25) is 0 Å². The van der Waals surface area contributed by atoms with E-state index >= 15 is 0 Å². The van der Waals surface area contributed by atoms with Crippen LogP contribution in [-0.4, -0.2) is 11.2 Å². The van der Waals surface area contributed by atoms with Gasteiger partial charge < -0.3 is 5.11 Å². The summed E-state index contributed by atoms with van der Waals surface area (Å²) in [5.74, 6) is 0. The summed E-state index contributed by atoms with van der Waals surface area (Å²) >= 11 is 0. The quantitative estimate of drug-likeness (QED) is 0.471. The Labute approximate surface area is 38.3 Å². The first-order chi connectivity index (χ1) is 2.64. The second-order valence-corrected chi connectivity index (χ2v) is 1.52. The predicted molar refractivity (Wildman–Crippen MR) is 26.5 cm³/mol. The van der Waals surface area contributed by atoms with Crippen LogP contribution in [0.15, 0.2) is 12.2 Å². The molecule has 0 saturated heterocycles. The first kappa shape index (κ1) is 5.70. The van der Waals surface area contributed by atoms with Crippen LogP contribution in [0, 0.1) is 0 Å². The topological polar surface area (TPSA) is 20.2 Å². The fourth-order valence-corrected chi connectivity index (χ4v) is 0. The van der Waals surface area contributed by atoms with Gasteiger partial charge in [-0.1, -0.05) is 12.2 Å². The second-order valence-electron chi connectivity index (χ2n) is 1.52. The summed E-state index contributed by atoms with van der Waals surface area (Å²) < 4.78 is 0. The predicted octanol–water partition coefficient (Wildman–Crippen LogP) is 0.943. The molecule has 0 fully saturated rings. The normalized spacial score (nSPS) is 13.8. The number of aliphatic hydroxyl groups is 1. The maximum absolute atomic E-state index is 8.53. The highest BCUT2D eigenvalue weighted by Crippen LogP contribution is 1.92. The molecule has 0 aliphatic carbocycles. The van der Waals surface area contributed by atoms with E-state index in [0.29, 0.717) is 0 Å². The summed E-state index contributed by atoms with van der Waals surface area (Å²) in [4.78, 5) is 0. The van der Waals surface area contributed by atoms with Crippen molar-refractivity contribution in [3.63, 3.8) is 0 Å². The van der Waals surface area contributed by atoms with E-state index in [9.17, 15) is 0 Å². The van der Waals surface area contributed by atoms with Crippen LogP contribution in [0.3, 0.4) is 0 Å². The molecule has 0 amide bonds. The summed E-state index contributed by atoms with van der Waals surface area (Å²) in [6, 6.07) is 0. The zero-order valence-electron chi connectivity index (χ0n) is 4.23. The van der Waals surface area contributed by atoms with Gasteiger partial charge in [0.15, 0.2) is 0 Å². The van der Waals surface area contributed by atoms with Gasteiger partial charge in [-0.25, -0.2) is 0 Å². The Bertz CT molecular complexity index is 55.0. The Hall–Kier alpha value is -0.300. The first-order valence-corrected chi connectivity index (χ1v) is 1.98. The molecule has 0 aromatic rings. The van der Waals surface area contributed by atoms with Crippen molar-refractivity contribution in [1.82, 2.24) is 0 Å². The molecule has 0 heterocycles. The van der Waals surface area contributed by atoms with Crippen molar-refractivity contribution < 1.29 is 5.11 Å². The average Bonchev–Trinajstić information content (AvgIpc) is 1.36. The Balaban J connectivity index is 3.26. The van der Waals surface area contributed by atoms with Crippen LogP contribution in [-0.2, 0) is 0 Å². The minimum atomic E-state index is -0.343. The fraction of sp³-hybridized carbons (Fsp3) is 0.600. The van der Waals surface area contributed by atoms with Crippen LogP contribution in [0.1, 0.15) is 13.8 Å². The molecule has 1 atom stereocenters. The van der Waals surface area contributed by atoms with Gasteiger partial charge in [0.1, 0.15) is 0 Å². The van der Waals surface area contributed by atoms with E-state index in [0.717, 1.165) is 5.57 Å². The maximum Gasteiger partial charge on any atom is 0.0716 e. The van der Waals surface area contributed by atoms with Crippen molar-refractivity contribution in [2.75, 3.05) is 0 Å². The van der Waals surface area contributed by atoms with Gasteiger partial charge >= 0.3 is 0 Å². The largest absolute Gasteiger partial charge is 0.389 e. The van der Waals surface area contributed by atoms with Gasteiger partial charge in [-0.3, -0.25) is 0 Å². The second kappa shape index (κ2) is 1.98. The lowest BCUT2D eigenvalue weighted by Gasteiger charge is -1.97. The smallest absolute Gasteiger partial charge is 0.0716 e. The third-order valence-electron chi connectivity index (χ3n) is 0.713. The molecule has 1 nitrogen and oxygen atoms in total. The molecule has 6 heavy (non-hydrogen) atoms. The average molecular weight is 86.1 g/mol. The van der Waals surface area contributed by atoms with Crippen molar-refractivity contribution in [3.05, 3.63) is 12.2 Å². The van der Waals surface area contributed by atoms with E-state index < -0.39 is 0 Å². The van der Waals surface area contributed by atoms with Crippen molar-refractivity contribution in [2.45, 2.75) is 20.0 Å². The molecule has 1 heteroatoms. The molecule has 36 valence electrons. The van der Waals surface area contributed by atoms with E-state index in [1.165, 1.54) is 0 Å². The lowest BCUT2D eigenvalue weighted by molar-refractivity contribution is 0.232. The Kier molecular flexibility index (Phi) is 1.88. The van der Waals surface area contributed by atoms with Crippen LogP contribution in [0.2, 0.25) is 0 Å². The van der Waals surface area contributed by atoms with Gasteiger partial charge in [-0.15, -0.1) is 0 Å². The van der Waals surface area contributed by atoms with E-state index in [1.807, 2.05) is 0 Å². The Morgan fingerprint density at radius 2 is 2.00 bits per heavy atom. The fourth-order valence-electron chi connectivity index (χ4n) is 0. The van der Waals surface area contributed by atoms with Gasteiger partial charge in [0, 0.05) is 0 Å². The third-order valence-corrected chi connectivity index (χ3v) is 0.713. The van der Waals surface area contributed by atoms with Gasteiger partial charge in [0.05, 0.1) is 6.10 Å². The number of hydrogen-bond acceptors (Lipinski definition) is 1.